The van der Waals surface area contributed by atoms with Gasteiger partial charge in [0.25, 0.3) is 5.91 Å². The van der Waals surface area contributed by atoms with E-state index in [0.717, 1.165) is 41.3 Å². The van der Waals surface area contributed by atoms with E-state index >= 15 is 0 Å². The van der Waals surface area contributed by atoms with Crippen LogP contribution in [0.4, 0.5) is 0 Å². The van der Waals surface area contributed by atoms with Gasteiger partial charge < -0.3 is 10.3 Å². The highest BCUT2D eigenvalue weighted by Gasteiger charge is 2.25. The first-order valence-electron chi connectivity index (χ1n) is 8.09. The van der Waals surface area contributed by atoms with Crippen molar-refractivity contribution >= 4 is 17.2 Å². The van der Waals surface area contributed by atoms with Crippen molar-refractivity contribution in [3.8, 4) is 10.6 Å². The minimum absolute atomic E-state index is 0.387. The highest BCUT2D eigenvalue weighted by Crippen LogP contribution is 2.35. The van der Waals surface area contributed by atoms with Crippen LogP contribution in [0.5, 0.6) is 0 Å². The molecule has 1 aromatic carbocycles. The van der Waals surface area contributed by atoms with Crippen LogP contribution < -0.4 is 5.73 Å². The van der Waals surface area contributed by atoms with Crippen LogP contribution in [-0.2, 0) is 13.0 Å². The Kier molecular flexibility index (Phi) is 4.81. The van der Waals surface area contributed by atoms with E-state index in [1.54, 1.807) is 17.5 Å². The third kappa shape index (κ3) is 2.99. The Hall–Kier alpha value is -2.40. The van der Waals surface area contributed by atoms with Gasteiger partial charge in [-0.25, -0.2) is 4.98 Å². The van der Waals surface area contributed by atoms with Crippen LogP contribution in [-0.4, -0.2) is 15.5 Å². The summed E-state index contributed by atoms with van der Waals surface area (Å²) in [6.07, 6.45) is 3.65. The molecule has 1 amide bonds. The first-order chi connectivity index (χ1) is 11.6. The highest BCUT2D eigenvalue weighted by molar-refractivity contribution is 7.13. The van der Waals surface area contributed by atoms with E-state index in [2.05, 4.69) is 28.6 Å². The number of amides is 1. The average molecular weight is 339 g/mol. The zero-order valence-corrected chi connectivity index (χ0v) is 14.8. The summed E-state index contributed by atoms with van der Waals surface area (Å²) in [4.78, 5) is 16.6. The number of primary amides is 1. The second-order valence-corrected chi connectivity index (χ2v) is 6.70. The van der Waals surface area contributed by atoms with Crippen molar-refractivity contribution in [1.82, 2.24) is 9.55 Å². The van der Waals surface area contributed by atoms with Crippen molar-refractivity contribution in [2.24, 2.45) is 5.73 Å². The zero-order valence-electron chi connectivity index (χ0n) is 14.0. The molecule has 0 radical (unpaired) electrons. The monoisotopic (exact) mass is 339 g/mol. The van der Waals surface area contributed by atoms with Gasteiger partial charge in [-0.2, -0.15) is 0 Å². The van der Waals surface area contributed by atoms with Crippen LogP contribution >= 0.6 is 11.3 Å². The minimum atomic E-state index is -0.387. The van der Waals surface area contributed by atoms with Gasteiger partial charge in [-0.3, -0.25) is 4.79 Å². The fraction of sp³-hybridized carbons (Fsp3) is 0.263. The van der Waals surface area contributed by atoms with E-state index in [4.69, 9.17) is 5.73 Å². The molecule has 5 heteroatoms. The molecule has 0 aliphatic carbocycles. The van der Waals surface area contributed by atoms with Crippen LogP contribution in [0.15, 0.2) is 41.9 Å². The number of aromatic nitrogens is 2. The molecule has 2 heterocycles. The van der Waals surface area contributed by atoms with Crippen LogP contribution in [0, 0.1) is 6.92 Å². The van der Waals surface area contributed by atoms with Crippen LogP contribution in [0.3, 0.4) is 0 Å². The van der Waals surface area contributed by atoms with Gasteiger partial charge in [0.15, 0.2) is 0 Å². The van der Waals surface area contributed by atoms with E-state index in [9.17, 15) is 4.79 Å². The summed E-state index contributed by atoms with van der Waals surface area (Å²) < 4.78 is 2.22. The van der Waals surface area contributed by atoms with E-state index in [1.165, 1.54) is 5.56 Å². The summed E-state index contributed by atoms with van der Waals surface area (Å²) in [5, 5.41) is 2.79. The van der Waals surface area contributed by atoms with Crippen molar-refractivity contribution in [3.63, 3.8) is 0 Å². The number of hydrogen-bond acceptors (Lipinski definition) is 3. The van der Waals surface area contributed by atoms with Gasteiger partial charge in [-0.05, 0) is 18.9 Å². The van der Waals surface area contributed by atoms with Crippen LogP contribution in [0.2, 0.25) is 0 Å². The summed E-state index contributed by atoms with van der Waals surface area (Å²) in [6, 6.07) is 10.3. The second-order valence-electron chi connectivity index (χ2n) is 5.81. The SMILES string of the molecule is CCCc1c(-c2nccs2)c(C(N)=O)c(C)n1Cc1ccccc1. The summed E-state index contributed by atoms with van der Waals surface area (Å²) in [5.41, 5.74) is 10.5. The Morgan fingerprint density at radius 3 is 2.62 bits per heavy atom. The highest BCUT2D eigenvalue weighted by atomic mass is 32.1. The average Bonchev–Trinajstić information content (AvgIpc) is 3.18. The van der Waals surface area contributed by atoms with Crippen LogP contribution in [0.1, 0.15) is 40.7 Å². The van der Waals surface area contributed by atoms with E-state index in [-0.39, 0.29) is 5.91 Å². The molecule has 0 saturated carbocycles. The number of carbonyl (C=O) groups excluding carboxylic acids is 1. The maximum atomic E-state index is 12.1. The number of nitrogens with zero attached hydrogens (tertiary/aromatic N) is 2. The van der Waals surface area contributed by atoms with Crippen LogP contribution in [0.25, 0.3) is 10.6 Å². The molecule has 0 atom stereocenters. The Balaban J connectivity index is 2.21. The standard InChI is InChI=1S/C19H21N3OS/c1-3-7-15-17(19-21-10-11-24-19)16(18(20)23)13(2)22(15)12-14-8-5-4-6-9-14/h4-6,8-11H,3,7,12H2,1-2H3,(H2,20,23). The van der Waals surface area contributed by atoms with Gasteiger partial charge in [-0.15, -0.1) is 11.3 Å². The number of carbonyl (C=O) groups is 1. The number of rotatable bonds is 6. The van der Waals surface area contributed by atoms with Crippen molar-refractivity contribution in [3.05, 3.63) is 64.4 Å². The maximum Gasteiger partial charge on any atom is 0.251 e. The van der Waals surface area contributed by atoms with Crippen molar-refractivity contribution in [1.29, 1.82) is 0 Å². The molecule has 2 aromatic heterocycles. The predicted molar refractivity (Wildman–Crippen MR) is 98.3 cm³/mol. The predicted octanol–water partition coefficient (Wildman–Crippen LogP) is 4.02. The second kappa shape index (κ2) is 7.01. The number of hydrogen-bond donors (Lipinski definition) is 1. The van der Waals surface area contributed by atoms with Crippen molar-refractivity contribution in [2.45, 2.75) is 33.2 Å². The lowest BCUT2D eigenvalue weighted by Crippen LogP contribution is -2.13. The molecule has 0 spiro atoms. The van der Waals surface area contributed by atoms with Gasteiger partial charge >= 0.3 is 0 Å². The van der Waals surface area contributed by atoms with E-state index in [1.807, 2.05) is 30.5 Å². The molecule has 2 N–H and O–H groups in total. The van der Waals surface area contributed by atoms with Gasteiger partial charge in [0.1, 0.15) is 5.01 Å². The molecule has 4 nitrogen and oxygen atoms in total. The Labute approximate surface area is 146 Å². The molecule has 3 rings (SSSR count). The third-order valence-electron chi connectivity index (χ3n) is 4.19. The fourth-order valence-electron chi connectivity index (χ4n) is 3.15. The Morgan fingerprint density at radius 2 is 2.04 bits per heavy atom. The first-order valence-corrected chi connectivity index (χ1v) is 8.97. The molecular weight excluding hydrogens is 318 g/mol. The van der Waals surface area contributed by atoms with Gasteiger partial charge in [0, 0.05) is 35.1 Å². The number of nitrogens with two attached hydrogens (primary N) is 1. The number of benzene rings is 1. The third-order valence-corrected chi connectivity index (χ3v) is 4.98. The molecule has 124 valence electrons. The normalized spacial score (nSPS) is 10.9. The Morgan fingerprint density at radius 1 is 1.29 bits per heavy atom. The molecule has 0 saturated heterocycles. The topological polar surface area (TPSA) is 60.9 Å². The van der Waals surface area contributed by atoms with E-state index < -0.39 is 0 Å². The Bertz CT molecular complexity index is 835. The molecule has 0 bridgehead atoms. The minimum Gasteiger partial charge on any atom is -0.366 e. The smallest absolute Gasteiger partial charge is 0.251 e. The molecule has 0 unspecified atom stereocenters. The van der Waals surface area contributed by atoms with Gasteiger partial charge in [-0.1, -0.05) is 43.7 Å². The maximum absolute atomic E-state index is 12.1. The largest absolute Gasteiger partial charge is 0.366 e. The first kappa shape index (κ1) is 16.5. The molecule has 0 aliphatic heterocycles. The summed E-state index contributed by atoms with van der Waals surface area (Å²) in [5.74, 6) is -0.387. The molecule has 24 heavy (non-hydrogen) atoms. The van der Waals surface area contributed by atoms with Crippen molar-refractivity contribution in [2.75, 3.05) is 0 Å². The van der Waals surface area contributed by atoms with Gasteiger partial charge in [0.05, 0.1) is 5.56 Å². The molecule has 3 aromatic rings. The quantitative estimate of drug-likeness (QED) is 0.737. The lowest BCUT2D eigenvalue weighted by atomic mass is 10.1. The van der Waals surface area contributed by atoms with Gasteiger partial charge in [0.2, 0.25) is 0 Å². The molecule has 0 fully saturated rings. The lowest BCUT2D eigenvalue weighted by molar-refractivity contribution is 0.1000. The summed E-state index contributed by atoms with van der Waals surface area (Å²) in [7, 11) is 0. The summed E-state index contributed by atoms with van der Waals surface area (Å²) in [6.45, 7) is 4.84. The van der Waals surface area contributed by atoms with Crippen molar-refractivity contribution < 1.29 is 4.79 Å². The molecular formula is C19H21N3OS. The molecule has 0 aliphatic rings. The lowest BCUT2D eigenvalue weighted by Gasteiger charge is -2.12. The van der Waals surface area contributed by atoms with E-state index in [0.29, 0.717) is 5.56 Å². The zero-order chi connectivity index (χ0) is 17.1. The summed E-state index contributed by atoms with van der Waals surface area (Å²) >= 11 is 1.54. The number of thiazole rings is 1. The fourth-order valence-corrected chi connectivity index (χ4v) is 3.86.